The van der Waals surface area contributed by atoms with Crippen LogP contribution < -0.4 is 5.32 Å². The van der Waals surface area contributed by atoms with Gasteiger partial charge in [-0.2, -0.15) is 0 Å². The van der Waals surface area contributed by atoms with Gasteiger partial charge in [0.2, 0.25) is 0 Å². The molecule has 1 amide bonds. The van der Waals surface area contributed by atoms with Crippen LogP contribution in [0.1, 0.15) is 26.8 Å². The molecule has 0 unspecified atom stereocenters. The molecule has 0 saturated carbocycles. The fourth-order valence-corrected chi connectivity index (χ4v) is 3.65. The van der Waals surface area contributed by atoms with E-state index in [1.165, 1.54) is 6.07 Å². The quantitative estimate of drug-likeness (QED) is 0.550. The number of benzene rings is 1. The fraction of sp³-hybridized carbons (Fsp3) is 0.200. The Morgan fingerprint density at radius 2 is 2.07 bits per heavy atom. The van der Waals surface area contributed by atoms with E-state index in [9.17, 15) is 9.18 Å². The maximum atomic E-state index is 14.2. The number of aromatic nitrogens is 3. The number of hydrogen-bond donors (Lipinski definition) is 1. The molecular formula is C20H17FN4O2S. The Labute approximate surface area is 164 Å². The molecule has 0 atom stereocenters. The first kappa shape index (κ1) is 18.2. The van der Waals surface area contributed by atoms with E-state index >= 15 is 0 Å². The number of hydrogen-bond acceptors (Lipinski definition) is 6. The highest BCUT2D eigenvalue weighted by Gasteiger charge is 2.20. The van der Waals surface area contributed by atoms with Crippen molar-refractivity contribution in [2.75, 3.05) is 6.54 Å². The molecule has 8 heteroatoms. The van der Waals surface area contributed by atoms with Crippen molar-refractivity contribution >= 4 is 28.3 Å². The second kappa shape index (κ2) is 7.47. The number of carbonyl (C=O) groups excluding carboxylic acids is 1. The first-order valence-electron chi connectivity index (χ1n) is 8.74. The third-order valence-corrected chi connectivity index (χ3v) is 5.17. The molecule has 4 rings (SSSR count). The molecule has 0 bridgehead atoms. The van der Waals surface area contributed by atoms with Crippen molar-refractivity contribution in [3.8, 4) is 11.3 Å². The minimum absolute atomic E-state index is 0.207. The van der Waals surface area contributed by atoms with Gasteiger partial charge >= 0.3 is 0 Å². The standard InChI is InChI=1S/C20H17FN4O2S/c1-11-18-15(19(26)22-8-7-13-10-28-12(2)23-13)9-17(24-20(18)27-25-11)14-5-3-4-6-16(14)21/h3-6,9-10H,7-8H2,1-2H3,(H,22,26). The van der Waals surface area contributed by atoms with Gasteiger partial charge in [0.05, 0.1) is 33.0 Å². The maximum Gasteiger partial charge on any atom is 0.259 e. The van der Waals surface area contributed by atoms with Gasteiger partial charge in [-0.25, -0.2) is 14.4 Å². The van der Waals surface area contributed by atoms with E-state index in [0.717, 1.165) is 10.7 Å². The number of halogens is 1. The van der Waals surface area contributed by atoms with Gasteiger partial charge in [-0.15, -0.1) is 11.3 Å². The number of fused-ring (bicyclic) bond motifs is 1. The Hall–Kier alpha value is -3.13. The Morgan fingerprint density at radius 1 is 1.25 bits per heavy atom. The number of thiazole rings is 1. The van der Waals surface area contributed by atoms with Crippen LogP contribution in [-0.2, 0) is 6.42 Å². The lowest BCUT2D eigenvalue weighted by atomic mass is 10.0. The summed E-state index contributed by atoms with van der Waals surface area (Å²) in [5, 5.41) is 10.3. The average molecular weight is 396 g/mol. The van der Waals surface area contributed by atoms with Gasteiger partial charge in [0.15, 0.2) is 0 Å². The molecular weight excluding hydrogens is 379 g/mol. The second-order valence-corrected chi connectivity index (χ2v) is 7.41. The predicted octanol–water partition coefficient (Wildman–Crippen LogP) is 4.07. The van der Waals surface area contributed by atoms with Crippen LogP contribution in [0.15, 0.2) is 40.2 Å². The highest BCUT2D eigenvalue weighted by Crippen LogP contribution is 2.28. The second-order valence-electron chi connectivity index (χ2n) is 6.35. The third-order valence-electron chi connectivity index (χ3n) is 4.34. The van der Waals surface area contributed by atoms with Gasteiger partial charge < -0.3 is 9.84 Å². The van der Waals surface area contributed by atoms with Crippen LogP contribution in [-0.4, -0.2) is 27.6 Å². The van der Waals surface area contributed by atoms with Gasteiger partial charge in [-0.05, 0) is 32.0 Å². The zero-order valence-corrected chi connectivity index (χ0v) is 16.1. The summed E-state index contributed by atoms with van der Waals surface area (Å²) < 4.78 is 19.5. The molecule has 1 aromatic carbocycles. The first-order valence-corrected chi connectivity index (χ1v) is 9.62. The molecule has 0 saturated heterocycles. The van der Waals surface area contributed by atoms with Crippen LogP contribution in [0.2, 0.25) is 0 Å². The van der Waals surface area contributed by atoms with E-state index in [2.05, 4.69) is 20.4 Å². The van der Waals surface area contributed by atoms with Gasteiger partial charge in [-0.1, -0.05) is 17.3 Å². The zero-order valence-electron chi connectivity index (χ0n) is 15.3. The molecule has 6 nitrogen and oxygen atoms in total. The monoisotopic (exact) mass is 396 g/mol. The molecule has 1 N–H and O–H groups in total. The zero-order chi connectivity index (χ0) is 19.7. The normalized spacial score (nSPS) is 11.1. The van der Waals surface area contributed by atoms with E-state index in [0.29, 0.717) is 40.9 Å². The van der Waals surface area contributed by atoms with Crippen molar-refractivity contribution < 1.29 is 13.7 Å². The van der Waals surface area contributed by atoms with E-state index in [1.807, 2.05) is 12.3 Å². The van der Waals surface area contributed by atoms with Gasteiger partial charge in [0.1, 0.15) is 5.82 Å². The van der Waals surface area contributed by atoms with E-state index < -0.39 is 5.82 Å². The van der Waals surface area contributed by atoms with Gasteiger partial charge in [0.25, 0.3) is 11.6 Å². The number of carbonyl (C=O) groups is 1. The number of rotatable bonds is 5. The third kappa shape index (κ3) is 3.50. The van der Waals surface area contributed by atoms with Gasteiger partial charge in [-0.3, -0.25) is 4.79 Å². The molecule has 3 heterocycles. The SMILES string of the molecule is Cc1nc(CCNC(=O)c2cc(-c3ccccc3F)nc3onc(C)c23)cs1. The summed E-state index contributed by atoms with van der Waals surface area (Å²) in [4.78, 5) is 21.6. The average Bonchev–Trinajstić information content (AvgIpc) is 3.27. The Kier molecular flexibility index (Phi) is 4.87. The Morgan fingerprint density at radius 3 is 2.82 bits per heavy atom. The van der Waals surface area contributed by atoms with E-state index in [4.69, 9.17) is 4.52 Å². The molecule has 3 aromatic heterocycles. The van der Waals surface area contributed by atoms with Crippen molar-refractivity contribution in [3.05, 3.63) is 63.5 Å². The Bertz CT molecular complexity index is 1170. The van der Waals surface area contributed by atoms with Gasteiger partial charge in [0, 0.05) is 23.9 Å². The lowest BCUT2D eigenvalue weighted by Gasteiger charge is -2.08. The van der Waals surface area contributed by atoms with Crippen LogP contribution >= 0.6 is 11.3 Å². The topological polar surface area (TPSA) is 80.9 Å². The lowest BCUT2D eigenvalue weighted by Crippen LogP contribution is -2.26. The fourth-order valence-electron chi connectivity index (χ4n) is 3.00. The molecule has 0 aliphatic carbocycles. The molecule has 0 radical (unpaired) electrons. The molecule has 4 aromatic rings. The minimum atomic E-state index is -0.421. The highest BCUT2D eigenvalue weighted by molar-refractivity contribution is 7.09. The minimum Gasteiger partial charge on any atom is -0.352 e. The smallest absolute Gasteiger partial charge is 0.259 e. The molecule has 28 heavy (non-hydrogen) atoms. The molecule has 0 spiro atoms. The maximum absolute atomic E-state index is 14.2. The predicted molar refractivity (Wildman–Crippen MR) is 105 cm³/mol. The number of nitrogens with one attached hydrogen (secondary N) is 1. The van der Waals surface area contributed by atoms with Crippen LogP contribution in [0.4, 0.5) is 4.39 Å². The summed E-state index contributed by atoms with van der Waals surface area (Å²) in [7, 11) is 0. The summed E-state index contributed by atoms with van der Waals surface area (Å²) in [5.41, 5.74) is 2.68. The summed E-state index contributed by atoms with van der Waals surface area (Å²) in [5.74, 6) is -0.709. The van der Waals surface area contributed by atoms with E-state index in [-0.39, 0.29) is 11.6 Å². The molecule has 0 aliphatic heterocycles. The number of nitrogens with zero attached hydrogens (tertiary/aromatic N) is 3. The molecule has 142 valence electrons. The van der Waals surface area contributed by atoms with Crippen LogP contribution in [0, 0.1) is 19.7 Å². The lowest BCUT2D eigenvalue weighted by molar-refractivity contribution is 0.0955. The summed E-state index contributed by atoms with van der Waals surface area (Å²) >= 11 is 1.58. The van der Waals surface area contributed by atoms with Crippen molar-refractivity contribution in [2.45, 2.75) is 20.3 Å². The van der Waals surface area contributed by atoms with Crippen molar-refractivity contribution in [2.24, 2.45) is 0 Å². The first-order chi connectivity index (χ1) is 13.5. The summed E-state index contributed by atoms with van der Waals surface area (Å²) in [6.07, 6.45) is 0.632. The van der Waals surface area contributed by atoms with Crippen LogP contribution in [0.3, 0.4) is 0 Å². The van der Waals surface area contributed by atoms with Crippen LogP contribution in [0.5, 0.6) is 0 Å². The summed E-state index contributed by atoms with van der Waals surface area (Å²) in [6, 6.07) is 7.85. The van der Waals surface area contributed by atoms with Crippen molar-refractivity contribution in [1.29, 1.82) is 0 Å². The van der Waals surface area contributed by atoms with Crippen molar-refractivity contribution in [3.63, 3.8) is 0 Å². The molecule has 0 aliphatic rings. The highest BCUT2D eigenvalue weighted by atomic mass is 32.1. The number of amides is 1. The number of aryl methyl sites for hydroxylation is 2. The van der Waals surface area contributed by atoms with E-state index in [1.54, 1.807) is 42.5 Å². The van der Waals surface area contributed by atoms with Crippen molar-refractivity contribution in [1.82, 2.24) is 20.4 Å². The van der Waals surface area contributed by atoms with Crippen LogP contribution in [0.25, 0.3) is 22.4 Å². The summed E-state index contributed by atoms with van der Waals surface area (Å²) in [6.45, 7) is 4.12. The largest absolute Gasteiger partial charge is 0.352 e. The molecule has 0 fully saturated rings. The Balaban J connectivity index is 1.65. The number of pyridine rings is 1.